The van der Waals surface area contributed by atoms with Crippen LogP contribution in [0.2, 0.25) is 0 Å². The molecule has 0 aromatic heterocycles. The number of anilines is 1. The molecule has 1 amide bonds. The molecular weight excluding hydrogens is 278 g/mol. The Hall–Kier alpha value is -1.75. The number of hydrogen-bond donors (Lipinski definition) is 1. The molecule has 2 N–H and O–H groups in total. The molecular formula is C17H27N3O2. The third-order valence-electron chi connectivity index (χ3n) is 4.56. The number of nitrogens with zero attached hydrogens (tertiary/aromatic N) is 2. The van der Waals surface area contributed by atoms with Crippen LogP contribution < -0.4 is 15.4 Å². The molecule has 1 aromatic rings. The Morgan fingerprint density at radius 1 is 1.27 bits per heavy atom. The predicted molar refractivity (Wildman–Crippen MR) is 89.2 cm³/mol. The fourth-order valence-electron chi connectivity index (χ4n) is 2.77. The highest BCUT2D eigenvalue weighted by molar-refractivity contribution is 5.82. The van der Waals surface area contributed by atoms with E-state index in [9.17, 15) is 4.79 Å². The molecule has 22 heavy (non-hydrogen) atoms. The first-order valence-electron chi connectivity index (χ1n) is 8.00. The summed E-state index contributed by atoms with van der Waals surface area (Å²) in [4.78, 5) is 16.6. The standard InChI is InChI=1S/C17H27N3O2/c1-4-13(2)16(18)17(21)20-11-9-19(10-12-20)14-7-5-6-8-15(14)22-3/h5-8,13,16H,4,9-12,18H2,1-3H3. The van der Waals surface area contributed by atoms with Crippen LogP contribution in [0.25, 0.3) is 0 Å². The van der Waals surface area contributed by atoms with Gasteiger partial charge in [-0.1, -0.05) is 32.4 Å². The lowest BCUT2D eigenvalue weighted by molar-refractivity contribution is -0.134. The molecule has 0 radical (unpaired) electrons. The maximum atomic E-state index is 12.4. The summed E-state index contributed by atoms with van der Waals surface area (Å²) in [6.45, 7) is 7.13. The van der Waals surface area contributed by atoms with Gasteiger partial charge in [0.15, 0.2) is 0 Å². The quantitative estimate of drug-likeness (QED) is 0.900. The molecule has 2 atom stereocenters. The van der Waals surface area contributed by atoms with Gasteiger partial charge < -0.3 is 20.3 Å². The number of benzene rings is 1. The number of hydrogen-bond acceptors (Lipinski definition) is 4. The van der Waals surface area contributed by atoms with Crippen molar-refractivity contribution < 1.29 is 9.53 Å². The minimum absolute atomic E-state index is 0.0778. The Morgan fingerprint density at radius 2 is 1.91 bits per heavy atom. The molecule has 0 bridgehead atoms. The second kappa shape index (κ2) is 7.49. The molecule has 5 heteroatoms. The molecule has 2 rings (SSSR count). The monoisotopic (exact) mass is 305 g/mol. The van der Waals surface area contributed by atoms with Gasteiger partial charge in [0.2, 0.25) is 5.91 Å². The van der Waals surface area contributed by atoms with Crippen molar-refractivity contribution in [2.75, 3.05) is 38.2 Å². The van der Waals surface area contributed by atoms with Gasteiger partial charge in [-0.15, -0.1) is 0 Å². The van der Waals surface area contributed by atoms with Gasteiger partial charge in [0, 0.05) is 26.2 Å². The molecule has 122 valence electrons. The van der Waals surface area contributed by atoms with Crippen LogP contribution in [0.5, 0.6) is 5.75 Å². The average molecular weight is 305 g/mol. The minimum Gasteiger partial charge on any atom is -0.495 e. The van der Waals surface area contributed by atoms with Crippen LogP contribution in [0.15, 0.2) is 24.3 Å². The van der Waals surface area contributed by atoms with Crippen molar-refractivity contribution in [1.82, 2.24) is 4.90 Å². The topological polar surface area (TPSA) is 58.8 Å². The Labute approximate surface area is 133 Å². The summed E-state index contributed by atoms with van der Waals surface area (Å²) in [5, 5.41) is 0. The number of nitrogens with two attached hydrogens (primary N) is 1. The predicted octanol–water partition coefficient (Wildman–Crippen LogP) is 1.72. The molecule has 0 saturated carbocycles. The van der Waals surface area contributed by atoms with E-state index in [0.717, 1.165) is 30.9 Å². The summed E-state index contributed by atoms with van der Waals surface area (Å²) in [5.74, 6) is 1.17. The first-order valence-corrected chi connectivity index (χ1v) is 8.00. The van der Waals surface area contributed by atoms with E-state index in [1.807, 2.05) is 30.0 Å². The third-order valence-corrected chi connectivity index (χ3v) is 4.56. The zero-order valence-electron chi connectivity index (χ0n) is 13.8. The lowest BCUT2D eigenvalue weighted by Crippen LogP contribution is -2.54. The van der Waals surface area contributed by atoms with Gasteiger partial charge >= 0.3 is 0 Å². The fourth-order valence-corrected chi connectivity index (χ4v) is 2.77. The molecule has 1 aromatic carbocycles. The van der Waals surface area contributed by atoms with Crippen LogP contribution in [0.1, 0.15) is 20.3 Å². The fraction of sp³-hybridized carbons (Fsp3) is 0.588. The smallest absolute Gasteiger partial charge is 0.239 e. The van der Waals surface area contributed by atoms with Crippen LogP contribution in [0.4, 0.5) is 5.69 Å². The average Bonchev–Trinajstić information content (AvgIpc) is 2.59. The summed E-state index contributed by atoms with van der Waals surface area (Å²) >= 11 is 0. The molecule has 0 spiro atoms. The van der Waals surface area contributed by atoms with Gasteiger partial charge in [-0.2, -0.15) is 0 Å². The molecule has 0 aliphatic carbocycles. The van der Waals surface area contributed by atoms with Gasteiger partial charge in [0.25, 0.3) is 0 Å². The van der Waals surface area contributed by atoms with Crippen molar-refractivity contribution in [2.45, 2.75) is 26.3 Å². The van der Waals surface area contributed by atoms with Gasteiger partial charge in [-0.25, -0.2) is 0 Å². The van der Waals surface area contributed by atoms with Gasteiger partial charge in [0.05, 0.1) is 18.8 Å². The van der Waals surface area contributed by atoms with Crippen LogP contribution in [-0.4, -0.2) is 50.1 Å². The number of rotatable bonds is 5. The molecule has 5 nitrogen and oxygen atoms in total. The zero-order chi connectivity index (χ0) is 16.1. The van der Waals surface area contributed by atoms with Crippen molar-refractivity contribution in [3.05, 3.63) is 24.3 Å². The maximum Gasteiger partial charge on any atom is 0.239 e. The van der Waals surface area contributed by atoms with E-state index in [1.54, 1.807) is 7.11 Å². The summed E-state index contributed by atoms with van der Waals surface area (Å²) in [6, 6.07) is 7.61. The Morgan fingerprint density at radius 3 is 2.50 bits per heavy atom. The molecule has 1 fully saturated rings. The second-order valence-electron chi connectivity index (χ2n) is 5.90. The third kappa shape index (κ3) is 3.53. The lowest BCUT2D eigenvalue weighted by atomic mass is 9.98. The summed E-state index contributed by atoms with van der Waals surface area (Å²) in [7, 11) is 1.68. The van der Waals surface area contributed by atoms with Crippen molar-refractivity contribution in [2.24, 2.45) is 11.7 Å². The molecule has 1 aliphatic heterocycles. The van der Waals surface area contributed by atoms with Gasteiger partial charge in [-0.3, -0.25) is 4.79 Å². The number of piperazine rings is 1. The van der Waals surface area contributed by atoms with E-state index in [1.165, 1.54) is 0 Å². The Balaban J connectivity index is 1.97. The number of carbonyl (C=O) groups is 1. The highest BCUT2D eigenvalue weighted by Crippen LogP contribution is 2.28. The summed E-state index contributed by atoms with van der Waals surface area (Å²) in [6.07, 6.45) is 0.925. The number of methoxy groups -OCH3 is 1. The maximum absolute atomic E-state index is 12.4. The Kier molecular flexibility index (Phi) is 5.66. The van der Waals surface area contributed by atoms with Crippen molar-refractivity contribution in [1.29, 1.82) is 0 Å². The first-order chi connectivity index (χ1) is 10.6. The summed E-state index contributed by atoms with van der Waals surface area (Å²) in [5.41, 5.74) is 7.16. The molecule has 1 aliphatic rings. The highest BCUT2D eigenvalue weighted by Gasteiger charge is 2.28. The van der Waals surface area contributed by atoms with E-state index < -0.39 is 0 Å². The van der Waals surface area contributed by atoms with E-state index in [0.29, 0.717) is 13.1 Å². The zero-order valence-corrected chi connectivity index (χ0v) is 13.8. The molecule has 1 heterocycles. The van der Waals surface area contributed by atoms with Crippen LogP contribution >= 0.6 is 0 Å². The van der Waals surface area contributed by atoms with Crippen LogP contribution in [0.3, 0.4) is 0 Å². The van der Waals surface area contributed by atoms with Gasteiger partial charge in [0.1, 0.15) is 5.75 Å². The first kappa shape index (κ1) is 16.6. The van der Waals surface area contributed by atoms with E-state index in [4.69, 9.17) is 10.5 Å². The van der Waals surface area contributed by atoms with Crippen LogP contribution in [0, 0.1) is 5.92 Å². The molecule has 1 saturated heterocycles. The number of para-hydroxylation sites is 2. The minimum atomic E-state index is -0.386. The normalized spacial score (nSPS) is 18.0. The van der Waals surface area contributed by atoms with E-state index >= 15 is 0 Å². The number of carbonyl (C=O) groups excluding carboxylic acids is 1. The van der Waals surface area contributed by atoms with Crippen molar-refractivity contribution in [3.8, 4) is 5.75 Å². The van der Waals surface area contributed by atoms with Crippen molar-refractivity contribution in [3.63, 3.8) is 0 Å². The van der Waals surface area contributed by atoms with E-state index in [2.05, 4.69) is 17.9 Å². The van der Waals surface area contributed by atoms with Crippen LogP contribution in [-0.2, 0) is 4.79 Å². The largest absolute Gasteiger partial charge is 0.495 e. The van der Waals surface area contributed by atoms with Crippen molar-refractivity contribution >= 4 is 11.6 Å². The summed E-state index contributed by atoms with van der Waals surface area (Å²) < 4.78 is 5.41. The highest BCUT2D eigenvalue weighted by atomic mass is 16.5. The van der Waals surface area contributed by atoms with E-state index in [-0.39, 0.29) is 17.9 Å². The van der Waals surface area contributed by atoms with Gasteiger partial charge in [-0.05, 0) is 18.1 Å². The molecule has 2 unspecified atom stereocenters. The Bertz CT molecular complexity index is 498. The number of amides is 1. The lowest BCUT2D eigenvalue weighted by Gasteiger charge is -2.38. The SMILES string of the molecule is CCC(C)C(N)C(=O)N1CCN(c2ccccc2OC)CC1. The second-order valence-corrected chi connectivity index (χ2v) is 5.90. The number of ether oxygens (including phenoxy) is 1.